The number of carbonyl (C=O) groups is 2. The van der Waals surface area contributed by atoms with E-state index in [9.17, 15) is 22.8 Å². The fourth-order valence-corrected chi connectivity index (χ4v) is 7.06. The van der Waals surface area contributed by atoms with Gasteiger partial charge >= 0.3 is 6.18 Å². The topological polar surface area (TPSA) is 87.1 Å². The van der Waals surface area contributed by atoms with Crippen molar-refractivity contribution in [3.8, 4) is 11.3 Å². The van der Waals surface area contributed by atoms with Gasteiger partial charge in [-0.3, -0.25) is 14.5 Å². The molecule has 1 N–H and O–H groups in total. The number of carbonyl (C=O) groups excluding carboxylic acids is 2. The number of hydrogen-bond acceptors (Lipinski definition) is 4. The maximum Gasteiger partial charge on any atom is 0.417 e. The van der Waals surface area contributed by atoms with Crippen molar-refractivity contribution in [2.45, 2.75) is 57.8 Å². The fourth-order valence-electron chi connectivity index (χ4n) is 6.59. The molecule has 7 rings (SSSR count). The van der Waals surface area contributed by atoms with Crippen LogP contribution in [0.2, 0.25) is 0 Å². The summed E-state index contributed by atoms with van der Waals surface area (Å²) in [6.07, 6.45) is 2.30. The molecule has 3 atom stereocenters. The number of H-pyrrole nitrogens is 1. The molecule has 0 bridgehead atoms. The van der Waals surface area contributed by atoms with E-state index in [2.05, 4.69) is 25.9 Å². The van der Waals surface area contributed by atoms with Crippen LogP contribution in [-0.4, -0.2) is 49.0 Å². The molecule has 1 saturated carbocycles. The molecule has 2 fully saturated rings. The van der Waals surface area contributed by atoms with Crippen LogP contribution in [0.4, 0.5) is 24.7 Å². The number of anilines is 2. The van der Waals surface area contributed by atoms with Crippen molar-refractivity contribution in [3.63, 3.8) is 0 Å². The Balaban J connectivity index is 1.24. The standard InChI is InChI=1S/C32H30BrF3N6O2/c1-17-11-24-27(15-40(17)30(43)21-7-10-26(33)25(13-21)32(34,35)36)42-29(22(14-39-42)12-19-3-4-19)41(31(24)44)23-8-5-20(6-9-23)28-18(2)37-16-38-28/h5-10,13-14,16-17,19,24,27H,3-4,11-12,15H2,1-2H3,(H,37,38)/t17-,24?,27?/m0/s1. The van der Waals surface area contributed by atoms with Gasteiger partial charge in [0.15, 0.2) is 0 Å². The lowest BCUT2D eigenvalue weighted by Crippen LogP contribution is -2.56. The summed E-state index contributed by atoms with van der Waals surface area (Å²) >= 11 is 2.96. The smallest absolute Gasteiger partial charge is 0.348 e. The number of halogens is 4. The molecule has 3 aliphatic rings. The lowest BCUT2D eigenvalue weighted by Gasteiger charge is -2.47. The Morgan fingerprint density at radius 3 is 2.55 bits per heavy atom. The van der Waals surface area contributed by atoms with Gasteiger partial charge in [0.2, 0.25) is 5.91 Å². The summed E-state index contributed by atoms with van der Waals surface area (Å²) in [7, 11) is 0. The van der Waals surface area contributed by atoms with Gasteiger partial charge in [0.25, 0.3) is 5.91 Å². The van der Waals surface area contributed by atoms with Gasteiger partial charge in [0, 0.05) is 39.4 Å². The zero-order valence-electron chi connectivity index (χ0n) is 24.1. The maximum absolute atomic E-state index is 14.4. The highest BCUT2D eigenvalue weighted by Crippen LogP contribution is 2.46. The molecule has 12 heteroatoms. The molecule has 0 spiro atoms. The molecule has 1 aliphatic carbocycles. The molecular weight excluding hydrogens is 637 g/mol. The summed E-state index contributed by atoms with van der Waals surface area (Å²) in [6.45, 7) is 3.96. The van der Waals surface area contributed by atoms with Crippen molar-refractivity contribution >= 4 is 39.2 Å². The number of imidazole rings is 1. The maximum atomic E-state index is 14.4. The number of aryl methyl sites for hydroxylation is 1. The van der Waals surface area contributed by atoms with E-state index in [0.29, 0.717) is 18.2 Å². The molecule has 4 heterocycles. The predicted molar refractivity (Wildman–Crippen MR) is 161 cm³/mol. The van der Waals surface area contributed by atoms with Crippen LogP contribution in [0.15, 0.2) is 59.5 Å². The Labute approximate surface area is 260 Å². The lowest BCUT2D eigenvalue weighted by molar-refractivity contribution is -0.138. The Kier molecular flexibility index (Phi) is 6.95. The van der Waals surface area contributed by atoms with Crippen molar-refractivity contribution in [3.05, 3.63) is 81.8 Å². The second-order valence-electron chi connectivity index (χ2n) is 12.1. The first kappa shape index (κ1) is 28.8. The quantitative estimate of drug-likeness (QED) is 0.247. The molecule has 44 heavy (non-hydrogen) atoms. The van der Waals surface area contributed by atoms with Gasteiger partial charge < -0.3 is 9.88 Å². The number of likely N-dealkylation sites (tertiary alicyclic amines) is 1. The van der Waals surface area contributed by atoms with E-state index in [1.165, 1.54) is 12.1 Å². The zero-order chi connectivity index (χ0) is 30.9. The van der Waals surface area contributed by atoms with Crippen LogP contribution < -0.4 is 4.90 Å². The molecule has 1 saturated heterocycles. The van der Waals surface area contributed by atoms with Gasteiger partial charge in [-0.15, -0.1) is 0 Å². The van der Waals surface area contributed by atoms with Gasteiger partial charge in [-0.25, -0.2) is 9.67 Å². The largest absolute Gasteiger partial charge is 0.417 e. The minimum Gasteiger partial charge on any atom is -0.348 e. The van der Waals surface area contributed by atoms with Gasteiger partial charge in [-0.1, -0.05) is 28.1 Å². The number of benzene rings is 2. The first-order chi connectivity index (χ1) is 21.0. The molecule has 8 nitrogen and oxygen atoms in total. The van der Waals surface area contributed by atoms with Gasteiger partial charge in [0.1, 0.15) is 5.82 Å². The monoisotopic (exact) mass is 666 g/mol. The number of fused-ring (bicyclic) bond motifs is 3. The van der Waals surface area contributed by atoms with E-state index in [1.807, 2.05) is 49.0 Å². The molecular formula is C32H30BrF3N6O2. The van der Waals surface area contributed by atoms with Crippen LogP contribution in [0.5, 0.6) is 0 Å². The molecule has 0 radical (unpaired) electrons. The van der Waals surface area contributed by atoms with Crippen molar-refractivity contribution in [1.82, 2.24) is 24.6 Å². The van der Waals surface area contributed by atoms with E-state index < -0.39 is 29.6 Å². The van der Waals surface area contributed by atoms with Gasteiger partial charge in [-0.05, 0) is 75.8 Å². The van der Waals surface area contributed by atoms with Crippen LogP contribution in [-0.2, 0) is 17.4 Å². The summed E-state index contributed by atoms with van der Waals surface area (Å²) in [4.78, 5) is 38.9. The Morgan fingerprint density at radius 1 is 1.14 bits per heavy atom. The second-order valence-corrected chi connectivity index (χ2v) is 12.9. The third kappa shape index (κ3) is 4.92. The highest BCUT2D eigenvalue weighted by Gasteiger charge is 2.49. The average Bonchev–Trinajstić information content (AvgIpc) is 3.56. The number of amides is 2. The molecule has 2 amide bonds. The zero-order valence-corrected chi connectivity index (χ0v) is 25.7. The van der Waals surface area contributed by atoms with E-state index in [0.717, 1.165) is 53.5 Å². The van der Waals surface area contributed by atoms with E-state index in [4.69, 9.17) is 5.10 Å². The Bertz CT molecular complexity index is 1760. The fraction of sp³-hybridized carbons (Fsp3) is 0.375. The molecule has 2 aromatic carbocycles. The third-order valence-corrected chi connectivity index (χ3v) is 9.79. The molecule has 2 aliphatic heterocycles. The van der Waals surface area contributed by atoms with Crippen LogP contribution in [0.25, 0.3) is 11.3 Å². The SMILES string of the molecule is Cc1[nH]cnc1-c1ccc(N2C(=O)C3C[C@H](C)N(C(=O)c4ccc(Br)c(C(F)(F)F)c4)CC3n3ncc(CC4CC4)c32)cc1. The number of nitrogens with one attached hydrogen (secondary N) is 1. The Morgan fingerprint density at radius 2 is 1.89 bits per heavy atom. The summed E-state index contributed by atoms with van der Waals surface area (Å²) in [5, 5.41) is 4.77. The number of hydrogen-bond donors (Lipinski definition) is 1. The van der Waals surface area contributed by atoms with Crippen LogP contribution in [0, 0.1) is 18.8 Å². The average molecular weight is 668 g/mol. The van der Waals surface area contributed by atoms with Crippen molar-refractivity contribution in [2.24, 2.45) is 11.8 Å². The second kappa shape index (κ2) is 10.6. The van der Waals surface area contributed by atoms with E-state index in [-0.39, 0.29) is 28.5 Å². The number of rotatable bonds is 5. The predicted octanol–water partition coefficient (Wildman–Crippen LogP) is 7.09. The van der Waals surface area contributed by atoms with Crippen LogP contribution in [0.1, 0.15) is 59.4 Å². The molecule has 4 aromatic rings. The molecule has 2 aromatic heterocycles. The van der Waals surface area contributed by atoms with E-state index >= 15 is 0 Å². The first-order valence-electron chi connectivity index (χ1n) is 14.7. The van der Waals surface area contributed by atoms with Crippen molar-refractivity contribution in [1.29, 1.82) is 0 Å². The number of aromatic amines is 1. The van der Waals surface area contributed by atoms with Crippen molar-refractivity contribution < 1.29 is 22.8 Å². The third-order valence-electron chi connectivity index (χ3n) is 9.09. The van der Waals surface area contributed by atoms with E-state index in [1.54, 1.807) is 16.1 Å². The highest BCUT2D eigenvalue weighted by molar-refractivity contribution is 9.10. The van der Waals surface area contributed by atoms with Gasteiger partial charge in [0.05, 0.1) is 41.4 Å². The lowest BCUT2D eigenvalue weighted by atomic mass is 9.84. The van der Waals surface area contributed by atoms with Crippen LogP contribution >= 0.6 is 15.9 Å². The number of aromatic nitrogens is 4. The number of nitrogens with zero attached hydrogens (tertiary/aromatic N) is 5. The van der Waals surface area contributed by atoms with Crippen molar-refractivity contribution in [2.75, 3.05) is 11.4 Å². The minimum atomic E-state index is -4.61. The van der Waals surface area contributed by atoms with Crippen LogP contribution in [0.3, 0.4) is 0 Å². The summed E-state index contributed by atoms with van der Waals surface area (Å²) in [5.74, 6) is 0.231. The Hall–Kier alpha value is -3.93. The van der Waals surface area contributed by atoms with Gasteiger partial charge in [-0.2, -0.15) is 18.3 Å². The number of piperidine rings is 1. The molecule has 2 unspecified atom stereocenters. The molecule has 228 valence electrons. The first-order valence-corrected chi connectivity index (χ1v) is 15.5. The normalized spacial score (nSPS) is 21.8. The minimum absolute atomic E-state index is 0.0445. The number of alkyl halides is 3. The summed E-state index contributed by atoms with van der Waals surface area (Å²) in [5.41, 5.74) is 3.49. The summed E-state index contributed by atoms with van der Waals surface area (Å²) < 4.78 is 42.6. The summed E-state index contributed by atoms with van der Waals surface area (Å²) in [6, 6.07) is 10.5. The highest BCUT2D eigenvalue weighted by atomic mass is 79.9.